The summed E-state index contributed by atoms with van der Waals surface area (Å²) in [6, 6.07) is 20.3. The van der Waals surface area contributed by atoms with Crippen molar-refractivity contribution in [3.63, 3.8) is 0 Å². The van der Waals surface area contributed by atoms with Gasteiger partial charge in [0, 0.05) is 65.8 Å². The number of likely N-dealkylation sites (N-methyl/N-ethyl adjacent to an activating group) is 1. The minimum atomic E-state index is -0.107. The lowest BCUT2D eigenvalue weighted by Crippen LogP contribution is -2.44. The molecule has 1 aliphatic heterocycles. The van der Waals surface area contributed by atoms with Crippen molar-refractivity contribution in [1.29, 1.82) is 0 Å². The van der Waals surface area contributed by atoms with E-state index in [0.29, 0.717) is 22.4 Å². The van der Waals surface area contributed by atoms with Crippen LogP contribution in [0.2, 0.25) is 0 Å². The van der Waals surface area contributed by atoms with Crippen molar-refractivity contribution in [2.24, 2.45) is 4.99 Å². The number of benzene rings is 3. The molecule has 34 heavy (non-hydrogen) atoms. The second-order valence-electron chi connectivity index (χ2n) is 8.66. The molecule has 1 fully saturated rings. The smallest absolute Gasteiger partial charge is 0.198 e. The molecular weight excluding hydrogens is 426 g/mol. The first-order valence-corrected chi connectivity index (χ1v) is 11.3. The van der Waals surface area contributed by atoms with Crippen molar-refractivity contribution in [2.45, 2.75) is 0 Å². The quantitative estimate of drug-likeness (QED) is 0.239. The summed E-state index contributed by atoms with van der Waals surface area (Å²) < 4.78 is 0. The number of aromatic hydroxyl groups is 1. The third kappa shape index (κ3) is 4.38. The van der Waals surface area contributed by atoms with Crippen molar-refractivity contribution < 1.29 is 9.90 Å². The summed E-state index contributed by atoms with van der Waals surface area (Å²) in [5.74, 6) is -0.0881. The summed E-state index contributed by atoms with van der Waals surface area (Å²) in [5.41, 5.74) is 10.7. The number of nitrogen functional groups attached to an aromatic ring is 1. The summed E-state index contributed by atoms with van der Waals surface area (Å²) >= 11 is 0. The van der Waals surface area contributed by atoms with Gasteiger partial charge in [0.15, 0.2) is 11.7 Å². The molecule has 5 rings (SSSR count). The maximum Gasteiger partial charge on any atom is 0.198 e. The molecule has 0 bridgehead atoms. The number of ketones is 1. The van der Waals surface area contributed by atoms with Gasteiger partial charge in [-0.15, -0.1) is 0 Å². The van der Waals surface area contributed by atoms with Crippen LogP contribution in [-0.4, -0.2) is 60.2 Å². The number of fused-ring (bicyclic) bond motifs is 1. The van der Waals surface area contributed by atoms with E-state index in [9.17, 15) is 9.90 Å². The molecule has 4 aromatic rings. The summed E-state index contributed by atoms with van der Waals surface area (Å²) in [7, 11) is 2.14. The first kappa shape index (κ1) is 21.7. The fourth-order valence-electron chi connectivity index (χ4n) is 4.22. The highest BCUT2D eigenvalue weighted by Crippen LogP contribution is 2.29. The number of nitrogens with zero attached hydrogens (tertiary/aromatic N) is 3. The molecule has 0 atom stereocenters. The van der Waals surface area contributed by atoms with Crippen LogP contribution in [0.3, 0.4) is 0 Å². The van der Waals surface area contributed by atoms with E-state index in [1.165, 1.54) is 5.69 Å². The zero-order chi connectivity index (χ0) is 23.7. The second-order valence-corrected chi connectivity index (χ2v) is 8.66. The summed E-state index contributed by atoms with van der Waals surface area (Å²) in [5, 5.41) is 11.2. The number of anilines is 2. The van der Waals surface area contributed by atoms with E-state index in [1.54, 1.807) is 48.7 Å². The number of carbonyl (C=O) groups excluding carboxylic acids is 1. The maximum absolute atomic E-state index is 12.9. The topological polar surface area (TPSA) is 98.0 Å². The van der Waals surface area contributed by atoms with E-state index < -0.39 is 0 Å². The fourth-order valence-corrected chi connectivity index (χ4v) is 4.22. The highest BCUT2D eigenvalue weighted by molar-refractivity contribution is 6.12. The zero-order valence-electron chi connectivity index (χ0n) is 19.0. The lowest BCUT2D eigenvalue weighted by molar-refractivity contribution is 0.103. The Morgan fingerprint density at radius 3 is 2.35 bits per heavy atom. The van der Waals surface area contributed by atoms with E-state index in [2.05, 4.69) is 39.0 Å². The number of hydrogen-bond donors (Lipinski definition) is 3. The standard InChI is InChI=1S/C27H27N5O2/c1-31-12-14-32(15-13-31)22-9-7-21(8-10-22)29-17-24-23-16-19(4-11-25(23)30-27(24)34)26(33)18-2-5-20(28)6-3-18/h2-11,16-17,30,34H,12-15,28H2,1H3. The molecule has 3 aromatic carbocycles. The van der Waals surface area contributed by atoms with Crippen LogP contribution in [0, 0.1) is 0 Å². The lowest BCUT2D eigenvalue weighted by Gasteiger charge is -2.34. The van der Waals surface area contributed by atoms with Gasteiger partial charge in [-0.3, -0.25) is 9.79 Å². The highest BCUT2D eigenvalue weighted by Gasteiger charge is 2.15. The van der Waals surface area contributed by atoms with Crippen LogP contribution in [-0.2, 0) is 0 Å². The lowest BCUT2D eigenvalue weighted by atomic mass is 10.0. The van der Waals surface area contributed by atoms with Gasteiger partial charge in [-0.1, -0.05) is 0 Å². The predicted octanol–water partition coefficient (Wildman–Crippen LogP) is 4.19. The normalized spacial score (nSPS) is 14.8. The highest BCUT2D eigenvalue weighted by atomic mass is 16.3. The van der Waals surface area contributed by atoms with Crippen LogP contribution in [0.5, 0.6) is 5.88 Å². The van der Waals surface area contributed by atoms with Crippen molar-refractivity contribution in [3.8, 4) is 5.88 Å². The van der Waals surface area contributed by atoms with Crippen LogP contribution in [0.15, 0.2) is 71.7 Å². The number of piperazine rings is 1. The predicted molar refractivity (Wildman–Crippen MR) is 138 cm³/mol. The van der Waals surface area contributed by atoms with Crippen molar-refractivity contribution in [2.75, 3.05) is 43.9 Å². The summed E-state index contributed by atoms with van der Waals surface area (Å²) in [6.45, 7) is 4.14. The number of carbonyl (C=O) groups is 1. The number of rotatable bonds is 5. The molecule has 1 aliphatic rings. The van der Waals surface area contributed by atoms with Gasteiger partial charge >= 0.3 is 0 Å². The van der Waals surface area contributed by atoms with Crippen LogP contribution in [0.1, 0.15) is 21.5 Å². The molecule has 0 radical (unpaired) electrons. The first-order valence-electron chi connectivity index (χ1n) is 11.3. The molecule has 0 aliphatic carbocycles. The van der Waals surface area contributed by atoms with E-state index in [0.717, 1.165) is 42.8 Å². The number of hydrogen-bond acceptors (Lipinski definition) is 6. The molecule has 4 N–H and O–H groups in total. The van der Waals surface area contributed by atoms with Crippen molar-refractivity contribution in [1.82, 2.24) is 9.88 Å². The first-order chi connectivity index (χ1) is 16.5. The molecule has 2 heterocycles. The Balaban J connectivity index is 1.39. The molecular formula is C27H27N5O2. The van der Waals surface area contributed by atoms with Crippen molar-refractivity contribution in [3.05, 3.63) is 83.4 Å². The number of nitrogens with two attached hydrogens (primary N) is 1. The van der Waals surface area contributed by atoms with Gasteiger partial charge in [0.25, 0.3) is 0 Å². The number of aromatic amines is 1. The Kier molecular flexibility index (Phi) is 5.77. The number of aromatic nitrogens is 1. The molecule has 172 valence electrons. The molecule has 7 nitrogen and oxygen atoms in total. The van der Waals surface area contributed by atoms with Gasteiger partial charge < -0.3 is 25.6 Å². The molecule has 0 spiro atoms. The van der Waals surface area contributed by atoms with Gasteiger partial charge in [0.2, 0.25) is 0 Å². The SMILES string of the molecule is CN1CCN(c2ccc(N=Cc3c(O)[nH]c4ccc(C(=O)c5ccc(N)cc5)cc34)cc2)CC1. The average Bonchev–Trinajstić information content (AvgIpc) is 3.17. The molecule has 7 heteroatoms. The van der Waals surface area contributed by atoms with E-state index in [-0.39, 0.29) is 11.7 Å². The Bertz CT molecular complexity index is 1350. The molecule has 1 saturated heterocycles. The van der Waals surface area contributed by atoms with Gasteiger partial charge in [0.1, 0.15) is 0 Å². The number of H-pyrrole nitrogens is 1. The van der Waals surface area contributed by atoms with Gasteiger partial charge in [-0.2, -0.15) is 0 Å². The largest absolute Gasteiger partial charge is 0.494 e. The Labute approximate surface area is 198 Å². The van der Waals surface area contributed by atoms with E-state index in [1.807, 2.05) is 12.1 Å². The third-order valence-corrected chi connectivity index (χ3v) is 6.31. The summed E-state index contributed by atoms with van der Waals surface area (Å²) in [4.78, 5) is 25.2. The Hall–Kier alpha value is -4.10. The second kappa shape index (κ2) is 9.03. The molecule has 0 amide bonds. The maximum atomic E-state index is 12.9. The van der Waals surface area contributed by atoms with E-state index >= 15 is 0 Å². The van der Waals surface area contributed by atoms with Gasteiger partial charge in [0.05, 0.1) is 11.3 Å². The molecule has 0 unspecified atom stereocenters. The fraction of sp³-hybridized carbons (Fsp3) is 0.185. The zero-order valence-corrected chi connectivity index (χ0v) is 19.0. The van der Waals surface area contributed by atoms with Crippen molar-refractivity contribution >= 4 is 40.0 Å². The van der Waals surface area contributed by atoms with Crippen LogP contribution >= 0.6 is 0 Å². The minimum absolute atomic E-state index is 0.0184. The van der Waals surface area contributed by atoms with Crippen LogP contribution in [0.4, 0.5) is 17.1 Å². The van der Waals surface area contributed by atoms with Crippen LogP contribution < -0.4 is 10.6 Å². The monoisotopic (exact) mass is 453 g/mol. The summed E-state index contributed by atoms with van der Waals surface area (Å²) in [6.07, 6.45) is 1.64. The molecule has 0 saturated carbocycles. The Morgan fingerprint density at radius 1 is 0.971 bits per heavy atom. The van der Waals surface area contributed by atoms with Gasteiger partial charge in [-0.05, 0) is 73.8 Å². The Morgan fingerprint density at radius 2 is 1.65 bits per heavy atom. The number of nitrogens with one attached hydrogen (secondary N) is 1. The number of aliphatic imine (C=N–C) groups is 1. The minimum Gasteiger partial charge on any atom is -0.494 e. The van der Waals surface area contributed by atoms with Crippen LogP contribution in [0.25, 0.3) is 10.9 Å². The third-order valence-electron chi connectivity index (χ3n) is 6.31. The molecule has 1 aromatic heterocycles. The van der Waals surface area contributed by atoms with Gasteiger partial charge in [-0.25, -0.2) is 0 Å². The van der Waals surface area contributed by atoms with E-state index in [4.69, 9.17) is 5.73 Å². The average molecular weight is 454 g/mol.